The molecule has 0 bridgehead atoms. The highest BCUT2D eigenvalue weighted by atomic mass is 19.4. The van der Waals surface area contributed by atoms with Gasteiger partial charge < -0.3 is 11.1 Å². The molecule has 0 amide bonds. The Hall–Kier alpha value is -1.72. The monoisotopic (exact) mass is 273 g/mol. The minimum atomic E-state index is -4.37. The van der Waals surface area contributed by atoms with Crippen LogP contribution >= 0.6 is 0 Å². The summed E-state index contributed by atoms with van der Waals surface area (Å²) < 4.78 is 37.9. The molecule has 0 saturated carbocycles. The lowest BCUT2D eigenvalue weighted by atomic mass is 10.1. The first-order valence-electron chi connectivity index (χ1n) is 5.79. The SMILES string of the molecule is Cc1ccc(C(F)(F)F)cc1NC(N)=NC(C)(C)C. The third-order valence-corrected chi connectivity index (χ3v) is 2.28. The minimum Gasteiger partial charge on any atom is -0.370 e. The molecule has 1 rings (SSSR count). The molecule has 3 nitrogen and oxygen atoms in total. The number of hydrogen-bond donors (Lipinski definition) is 2. The molecule has 0 unspecified atom stereocenters. The van der Waals surface area contributed by atoms with Crippen LogP contribution in [-0.4, -0.2) is 11.5 Å². The van der Waals surface area contributed by atoms with Gasteiger partial charge in [0.15, 0.2) is 5.96 Å². The average molecular weight is 273 g/mol. The summed E-state index contributed by atoms with van der Waals surface area (Å²) in [6.45, 7) is 7.24. The molecular formula is C13H18F3N3. The van der Waals surface area contributed by atoms with Gasteiger partial charge >= 0.3 is 6.18 Å². The van der Waals surface area contributed by atoms with Crippen LogP contribution in [0.1, 0.15) is 31.9 Å². The molecule has 6 heteroatoms. The lowest BCUT2D eigenvalue weighted by Crippen LogP contribution is -2.27. The number of guanidine groups is 1. The van der Waals surface area contributed by atoms with Crippen LogP contribution in [0.25, 0.3) is 0 Å². The van der Waals surface area contributed by atoms with Gasteiger partial charge in [-0.3, -0.25) is 0 Å². The summed E-state index contributed by atoms with van der Waals surface area (Å²) in [5.41, 5.74) is 5.54. The van der Waals surface area contributed by atoms with Crippen LogP contribution in [0.5, 0.6) is 0 Å². The highest BCUT2D eigenvalue weighted by Gasteiger charge is 2.30. The molecule has 1 aromatic carbocycles. The Kier molecular flexibility index (Phi) is 4.12. The van der Waals surface area contributed by atoms with Gasteiger partial charge in [-0.2, -0.15) is 13.2 Å². The highest BCUT2D eigenvalue weighted by molar-refractivity contribution is 5.93. The zero-order valence-electron chi connectivity index (χ0n) is 11.4. The third-order valence-electron chi connectivity index (χ3n) is 2.28. The van der Waals surface area contributed by atoms with E-state index in [1.807, 2.05) is 20.8 Å². The summed E-state index contributed by atoms with van der Waals surface area (Å²) in [5.74, 6) is 0.0925. The molecule has 0 aliphatic rings. The van der Waals surface area contributed by atoms with Gasteiger partial charge in [0.2, 0.25) is 0 Å². The number of halogens is 3. The maximum Gasteiger partial charge on any atom is 0.416 e. The van der Waals surface area contributed by atoms with Gasteiger partial charge in [0.1, 0.15) is 0 Å². The normalized spacial score (nSPS) is 13.5. The molecule has 3 N–H and O–H groups in total. The van der Waals surface area contributed by atoms with E-state index in [1.54, 1.807) is 6.92 Å². The summed E-state index contributed by atoms with van der Waals surface area (Å²) in [5, 5.41) is 2.71. The Morgan fingerprint density at radius 1 is 1.21 bits per heavy atom. The Morgan fingerprint density at radius 2 is 1.79 bits per heavy atom. The van der Waals surface area contributed by atoms with Crippen molar-refractivity contribution in [1.82, 2.24) is 0 Å². The number of benzene rings is 1. The van der Waals surface area contributed by atoms with Gasteiger partial charge in [0.25, 0.3) is 0 Å². The molecule has 0 aromatic heterocycles. The molecule has 0 saturated heterocycles. The smallest absolute Gasteiger partial charge is 0.370 e. The van der Waals surface area contributed by atoms with E-state index in [0.29, 0.717) is 11.3 Å². The van der Waals surface area contributed by atoms with Gasteiger partial charge in [0.05, 0.1) is 11.1 Å². The van der Waals surface area contributed by atoms with Gasteiger partial charge in [-0.25, -0.2) is 4.99 Å². The van der Waals surface area contributed by atoms with E-state index < -0.39 is 17.3 Å². The second kappa shape index (κ2) is 5.11. The molecule has 1 aromatic rings. The van der Waals surface area contributed by atoms with Gasteiger partial charge in [-0.15, -0.1) is 0 Å². The number of alkyl halides is 3. The first kappa shape index (κ1) is 15.3. The first-order chi connectivity index (χ1) is 8.49. The van der Waals surface area contributed by atoms with Crippen LogP contribution in [0.3, 0.4) is 0 Å². The van der Waals surface area contributed by atoms with Crippen LogP contribution < -0.4 is 11.1 Å². The van der Waals surface area contributed by atoms with E-state index in [-0.39, 0.29) is 5.96 Å². The third kappa shape index (κ3) is 4.81. The quantitative estimate of drug-likeness (QED) is 0.607. The van der Waals surface area contributed by atoms with E-state index in [2.05, 4.69) is 10.3 Å². The Bertz CT molecular complexity index is 485. The van der Waals surface area contributed by atoms with Crippen molar-refractivity contribution in [2.45, 2.75) is 39.4 Å². The number of rotatable bonds is 1. The number of hydrogen-bond acceptors (Lipinski definition) is 1. The second-order valence-electron chi connectivity index (χ2n) is 5.32. The van der Waals surface area contributed by atoms with Gasteiger partial charge in [0, 0.05) is 5.69 Å². The maximum atomic E-state index is 12.6. The highest BCUT2D eigenvalue weighted by Crippen LogP contribution is 2.31. The second-order valence-corrected chi connectivity index (χ2v) is 5.32. The zero-order valence-corrected chi connectivity index (χ0v) is 11.4. The number of aryl methyl sites for hydroxylation is 1. The minimum absolute atomic E-state index is 0.0925. The molecule has 0 aliphatic carbocycles. The van der Waals surface area contributed by atoms with Crippen LogP contribution in [0.2, 0.25) is 0 Å². The Balaban J connectivity index is 3.05. The lowest BCUT2D eigenvalue weighted by molar-refractivity contribution is -0.137. The number of nitrogens with one attached hydrogen (secondary N) is 1. The zero-order chi connectivity index (χ0) is 14.8. The van der Waals surface area contributed by atoms with E-state index >= 15 is 0 Å². The average Bonchev–Trinajstić information content (AvgIpc) is 2.16. The van der Waals surface area contributed by atoms with E-state index in [4.69, 9.17) is 5.73 Å². The lowest BCUT2D eigenvalue weighted by Gasteiger charge is -2.16. The molecule has 0 radical (unpaired) electrons. The van der Waals surface area contributed by atoms with Gasteiger partial charge in [-0.1, -0.05) is 6.07 Å². The van der Waals surface area contributed by atoms with Crippen LogP contribution in [0.15, 0.2) is 23.2 Å². The van der Waals surface area contributed by atoms with Crippen molar-refractivity contribution in [2.75, 3.05) is 5.32 Å². The molecule has 0 aliphatic heterocycles. The van der Waals surface area contributed by atoms with Crippen LogP contribution in [-0.2, 0) is 6.18 Å². The van der Waals surface area contributed by atoms with E-state index in [1.165, 1.54) is 6.07 Å². The molecule has 0 heterocycles. The van der Waals surface area contributed by atoms with Crippen molar-refractivity contribution >= 4 is 11.6 Å². The van der Waals surface area contributed by atoms with E-state index in [0.717, 1.165) is 12.1 Å². The standard InChI is InChI=1S/C13H18F3N3/c1-8-5-6-9(13(14,15)16)7-10(8)18-11(17)19-12(2,3)4/h5-7H,1-4H3,(H3,17,18,19). The first-order valence-corrected chi connectivity index (χ1v) is 5.79. The predicted molar refractivity (Wildman–Crippen MR) is 71.2 cm³/mol. The van der Waals surface area contributed by atoms with Crippen molar-refractivity contribution in [3.05, 3.63) is 29.3 Å². The maximum absolute atomic E-state index is 12.6. The van der Waals surface area contributed by atoms with E-state index in [9.17, 15) is 13.2 Å². The fraction of sp³-hybridized carbons (Fsp3) is 0.462. The van der Waals surface area contributed by atoms with Crippen molar-refractivity contribution in [1.29, 1.82) is 0 Å². The Morgan fingerprint density at radius 3 is 2.26 bits per heavy atom. The largest absolute Gasteiger partial charge is 0.416 e. The van der Waals surface area contributed by atoms with Crippen molar-refractivity contribution in [3.63, 3.8) is 0 Å². The number of nitrogens with zero attached hydrogens (tertiary/aromatic N) is 1. The summed E-state index contributed by atoms with van der Waals surface area (Å²) in [6, 6.07) is 3.47. The van der Waals surface area contributed by atoms with Crippen molar-refractivity contribution in [2.24, 2.45) is 10.7 Å². The summed E-state index contributed by atoms with van der Waals surface area (Å²) in [6.07, 6.45) is -4.37. The van der Waals surface area contributed by atoms with Crippen molar-refractivity contribution in [3.8, 4) is 0 Å². The fourth-order valence-corrected chi connectivity index (χ4v) is 1.46. The number of anilines is 1. The number of aliphatic imine (C=N–C) groups is 1. The summed E-state index contributed by atoms with van der Waals surface area (Å²) in [4.78, 5) is 4.14. The van der Waals surface area contributed by atoms with Crippen LogP contribution in [0.4, 0.5) is 18.9 Å². The molecule has 0 atom stereocenters. The molecule has 106 valence electrons. The van der Waals surface area contributed by atoms with Gasteiger partial charge in [-0.05, 0) is 45.4 Å². The fourth-order valence-electron chi connectivity index (χ4n) is 1.46. The molecule has 19 heavy (non-hydrogen) atoms. The molecule has 0 fully saturated rings. The molecule has 0 spiro atoms. The Labute approximate surface area is 110 Å². The van der Waals surface area contributed by atoms with Crippen LogP contribution in [0, 0.1) is 6.92 Å². The number of nitrogens with two attached hydrogens (primary N) is 1. The topological polar surface area (TPSA) is 50.4 Å². The molecular weight excluding hydrogens is 255 g/mol. The van der Waals surface area contributed by atoms with Crippen molar-refractivity contribution < 1.29 is 13.2 Å². The summed E-state index contributed by atoms with van der Waals surface area (Å²) in [7, 11) is 0. The summed E-state index contributed by atoms with van der Waals surface area (Å²) >= 11 is 0. The predicted octanol–water partition coefficient (Wildman–Crippen LogP) is 3.54.